The molecule has 0 fully saturated rings. The second kappa shape index (κ2) is 7.32. The van der Waals surface area contributed by atoms with Crippen LogP contribution in [-0.2, 0) is 11.4 Å². The molecule has 2 N–H and O–H groups in total. The molecule has 0 aliphatic carbocycles. The standard InChI is InChI=1S/C14H13N3O3S/c18-17(19)13-8-6-12(7-9-13)15-14(21)16-20-10-11-4-2-1-3-5-11/h1-9H,10H2,(H2,15,16,21). The molecule has 108 valence electrons. The Bertz CT molecular complexity index is 617. The van der Waals surface area contributed by atoms with Crippen molar-refractivity contribution in [1.82, 2.24) is 5.48 Å². The van der Waals surface area contributed by atoms with Gasteiger partial charge in [-0.2, -0.15) is 0 Å². The van der Waals surface area contributed by atoms with Crippen molar-refractivity contribution >= 4 is 28.7 Å². The molecule has 2 rings (SSSR count). The highest BCUT2D eigenvalue weighted by Crippen LogP contribution is 2.15. The van der Waals surface area contributed by atoms with Crippen LogP contribution in [0.4, 0.5) is 11.4 Å². The van der Waals surface area contributed by atoms with E-state index in [-0.39, 0.29) is 10.8 Å². The quantitative estimate of drug-likeness (QED) is 0.502. The molecule has 6 nitrogen and oxygen atoms in total. The molecule has 0 saturated carbocycles. The van der Waals surface area contributed by atoms with Gasteiger partial charge in [0.2, 0.25) is 0 Å². The number of rotatable bonds is 5. The largest absolute Gasteiger partial charge is 0.331 e. The molecule has 0 spiro atoms. The number of non-ortho nitro benzene ring substituents is 1. The van der Waals surface area contributed by atoms with E-state index >= 15 is 0 Å². The smallest absolute Gasteiger partial charge is 0.269 e. The normalized spacial score (nSPS) is 9.90. The number of nitrogens with one attached hydrogen (secondary N) is 2. The van der Waals surface area contributed by atoms with Crippen molar-refractivity contribution in [3.8, 4) is 0 Å². The summed E-state index contributed by atoms with van der Waals surface area (Å²) < 4.78 is 0. The molecule has 0 aromatic heterocycles. The molecule has 2 aromatic carbocycles. The summed E-state index contributed by atoms with van der Waals surface area (Å²) in [6, 6.07) is 15.6. The number of hydrogen-bond donors (Lipinski definition) is 2. The van der Waals surface area contributed by atoms with E-state index in [0.717, 1.165) is 5.56 Å². The van der Waals surface area contributed by atoms with Crippen LogP contribution in [0.25, 0.3) is 0 Å². The Labute approximate surface area is 126 Å². The molecule has 0 aliphatic heterocycles. The van der Waals surface area contributed by atoms with E-state index in [1.807, 2.05) is 30.3 Å². The summed E-state index contributed by atoms with van der Waals surface area (Å²) >= 11 is 5.05. The van der Waals surface area contributed by atoms with Crippen molar-refractivity contribution in [1.29, 1.82) is 0 Å². The van der Waals surface area contributed by atoms with Crippen molar-refractivity contribution in [2.24, 2.45) is 0 Å². The number of benzene rings is 2. The van der Waals surface area contributed by atoms with Crippen LogP contribution >= 0.6 is 12.2 Å². The predicted molar refractivity (Wildman–Crippen MR) is 83.7 cm³/mol. The fourth-order valence-electron chi connectivity index (χ4n) is 1.58. The van der Waals surface area contributed by atoms with Crippen LogP contribution in [0.15, 0.2) is 54.6 Å². The Morgan fingerprint density at radius 3 is 2.43 bits per heavy atom. The molecular weight excluding hydrogens is 290 g/mol. The highest BCUT2D eigenvalue weighted by molar-refractivity contribution is 7.80. The predicted octanol–water partition coefficient (Wildman–Crippen LogP) is 3.01. The zero-order valence-electron chi connectivity index (χ0n) is 11.0. The first-order chi connectivity index (χ1) is 10.1. The van der Waals surface area contributed by atoms with Gasteiger partial charge in [0, 0.05) is 17.8 Å². The van der Waals surface area contributed by atoms with Gasteiger partial charge in [-0.05, 0) is 29.9 Å². The van der Waals surface area contributed by atoms with Gasteiger partial charge < -0.3 is 5.32 Å². The van der Waals surface area contributed by atoms with Crippen molar-refractivity contribution in [3.63, 3.8) is 0 Å². The Morgan fingerprint density at radius 1 is 1.14 bits per heavy atom. The minimum atomic E-state index is -0.455. The molecule has 0 bridgehead atoms. The van der Waals surface area contributed by atoms with E-state index in [2.05, 4.69) is 10.8 Å². The molecule has 21 heavy (non-hydrogen) atoms. The summed E-state index contributed by atoms with van der Waals surface area (Å²) in [5.74, 6) is 0. The third-order valence-corrected chi connectivity index (χ3v) is 2.77. The summed E-state index contributed by atoms with van der Waals surface area (Å²) in [5, 5.41) is 13.7. The van der Waals surface area contributed by atoms with Crippen molar-refractivity contribution in [2.45, 2.75) is 6.61 Å². The van der Waals surface area contributed by atoms with E-state index in [0.29, 0.717) is 12.3 Å². The molecule has 0 amide bonds. The second-order valence-electron chi connectivity index (χ2n) is 4.13. The van der Waals surface area contributed by atoms with Gasteiger partial charge >= 0.3 is 0 Å². The molecule has 0 atom stereocenters. The molecule has 7 heteroatoms. The first kappa shape index (κ1) is 14.9. The topological polar surface area (TPSA) is 76.4 Å². The van der Waals surface area contributed by atoms with Gasteiger partial charge in [0.25, 0.3) is 5.69 Å². The zero-order valence-corrected chi connectivity index (χ0v) is 11.8. The van der Waals surface area contributed by atoms with Gasteiger partial charge in [-0.3, -0.25) is 15.0 Å². The number of hydrogen-bond acceptors (Lipinski definition) is 4. The van der Waals surface area contributed by atoms with Crippen molar-refractivity contribution in [2.75, 3.05) is 5.32 Å². The fraction of sp³-hybridized carbons (Fsp3) is 0.0714. The first-order valence-electron chi connectivity index (χ1n) is 6.12. The summed E-state index contributed by atoms with van der Waals surface area (Å²) in [6.07, 6.45) is 0. The van der Waals surface area contributed by atoms with Crippen molar-refractivity contribution in [3.05, 3.63) is 70.3 Å². The maximum absolute atomic E-state index is 10.5. The minimum absolute atomic E-state index is 0.0276. The monoisotopic (exact) mass is 303 g/mol. The van der Waals surface area contributed by atoms with Crippen LogP contribution in [0.2, 0.25) is 0 Å². The number of anilines is 1. The highest BCUT2D eigenvalue weighted by Gasteiger charge is 2.04. The highest BCUT2D eigenvalue weighted by atomic mass is 32.1. The maximum Gasteiger partial charge on any atom is 0.269 e. The Kier molecular flexibility index (Phi) is 5.19. The second-order valence-corrected chi connectivity index (χ2v) is 4.54. The van der Waals surface area contributed by atoms with E-state index < -0.39 is 4.92 Å². The lowest BCUT2D eigenvalue weighted by molar-refractivity contribution is -0.384. The zero-order chi connectivity index (χ0) is 15.1. The molecule has 2 aromatic rings. The number of thiocarbonyl (C=S) groups is 1. The molecule has 0 saturated heterocycles. The van der Waals surface area contributed by atoms with Gasteiger partial charge in [-0.1, -0.05) is 30.3 Å². The van der Waals surface area contributed by atoms with Gasteiger partial charge in [-0.25, -0.2) is 5.48 Å². The van der Waals surface area contributed by atoms with Crippen LogP contribution < -0.4 is 10.8 Å². The maximum atomic E-state index is 10.5. The Morgan fingerprint density at radius 2 is 1.81 bits per heavy atom. The van der Waals surface area contributed by atoms with Gasteiger partial charge in [-0.15, -0.1) is 0 Å². The van der Waals surface area contributed by atoms with E-state index in [1.54, 1.807) is 12.1 Å². The summed E-state index contributed by atoms with van der Waals surface area (Å²) in [6.45, 7) is 0.378. The number of nitrogens with zero attached hydrogens (tertiary/aromatic N) is 1. The van der Waals surface area contributed by atoms with Gasteiger partial charge in [0.1, 0.15) is 0 Å². The van der Waals surface area contributed by atoms with Gasteiger partial charge in [0.05, 0.1) is 11.5 Å². The van der Waals surface area contributed by atoms with Crippen LogP contribution in [0.5, 0.6) is 0 Å². The lowest BCUT2D eigenvalue weighted by atomic mass is 10.2. The van der Waals surface area contributed by atoms with Crippen molar-refractivity contribution < 1.29 is 9.76 Å². The third-order valence-electron chi connectivity index (χ3n) is 2.58. The SMILES string of the molecule is O=[N+]([O-])c1ccc(NC(=S)NOCc2ccccc2)cc1. The van der Waals surface area contributed by atoms with E-state index in [9.17, 15) is 10.1 Å². The summed E-state index contributed by atoms with van der Waals surface area (Å²) in [5.41, 5.74) is 4.29. The molecular formula is C14H13N3O3S. The van der Waals surface area contributed by atoms with E-state index in [1.165, 1.54) is 12.1 Å². The number of nitro benzene ring substituents is 1. The van der Waals surface area contributed by atoms with Crippen LogP contribution in [-0.4, -0.2) is 10.0 Å². The Hall–Kier alpha value is -2.51. The fourth-order valence-corrected chi connectivity index (χ4v) is 1.76. The molecule has 0 aliphatic rings. The lowest BCUT2D eigenvalue weighted by Crippen LogP contribution is -2.28. The summed E-state index contributed by atoms with van der Waals surface area (Å²) in [7, 11) is 0. The van der Waals surface area contributed by atoms with Crippen LogP contribution in [0, 0.1) is 10.1 Å². The van der Waals surface area contributed by atoms with Crippen LogP contribution in [0.3, 0.4) is 0 Å². The average molecular weight is 303 g/mol. The molecule has 0 heterocycles. The molecule has 0 unspecified atom stereocenters. The lowest BCUT2D eigenvalue weighted by Gasteiger charge is -2.10. The first-order valence-corrected chi connectivity index (χ1v) is 6.53. The minimum Gasteiger partial charge on any atom is -0.331 e. The average Bonchev–Trinajstić information content (AvgIpc) is 2.49. The van der Waals surface area contributed by atoms with Crippen LogP contribution in [0.1, 0.15) is 5.56 Å². The number of nitro groups is 1. The van der Waals surface area contributed by atoms with Gasteiger partial charge in [0.15, 0.2) is 5.11 Å². The van der Waals surface area contributed by atoms with E-state index in [4.69, 9.17) is 17.1 Å². The third kappa shape index (κ3) is 4.83. The Balaban J connectivity index is 1.78. The summed E-state index contributed by atoms with van der Waals surface area (Å²) in [4.78, 5) is 15.3. The number of hydroxylamine groups is 1. The molecule has 0 radical (unpaired) electrons.